The van der Waals surface area contributed by atoms with Gasteiger partial charge in [-0.1, -0.05) is 26.2 Å². The average molecular weight is 238 g/mol. The predicted molar refractivity (Wildman–Crippen MR) is 56.6 cm³/mol. The maximum atomic E-state index is 10.3. The number of rotatable bonds is 8. The third-order valence-electron chi connectivity index (χ3n) is 1.80. The van der Waals surface area contributed by atoms with Crippen molar-refractivity contribution in [3.8, 4) is 0 Å². The third-order valence-corrected chi connectivity index (χ3v) is 2.22. The van der Waals surface area contributed by atoms with Crippen LogP contribution in [0.2, 0.25) is 0 Å². The molecule has 15 heavy (non-hydrogen) atoms. The molecule has 0 fully saturated rings. The molecule has 2 N–H and O–H groups in total. The van der Waals surface area contributed by atoms with E-state index in [0.29, 0.717) is 6.42 Å². The van der Waals surface area contributed by atoms with Crippen molar-refractivity contribution in [2.75, 3.05) is 6.61 Å². The van der Waals surface area contributed by atoms with E-state index in [0.717, 1.165) is 25.7 Å². The molecular formula is C9H18O5S. The Labute approximate surface area is 90.7 Å². The summed E-state index contributed by atoms with van der Waals surface area (Å²) < 4.78 is 33.1. The van der Waals surface area contributed by atoms with Crippen molar-refractivity contribution in [2.45, 2.75) is 39.0 Å². The molecule has 0 aromatic rings. The Morgan fingerprint density at radius 2 is 2.00 bits per heavy atom. The first kappa shape index (κ1) is 14.4. The summed E-state index contributed by atoms with van der Waals surface area (Å²) in [7, 11) is -4.51. The zero-order valence-electron chi connectivity index (χ0n) is 8.85. The van der Waals surface area contributed by atoms with E-state index in [1.807, 2.05) is 0 Å². The summed E-state index contributed by atoms with van der Waals surface area (Å²) in [5, 5.41) is 8.72. The standard InChI is InChI=1S/C9H18O5S/c1-2-3-4-5-6-7-9(8-10)14-15(11,12)13/h7,10H,2-6,8H2,1H3,(H,11,12,13)/b9-7-. The van der Waals surface area contributed by atoms with Crippen LogP contribution in [0.5, 0.6) is 0 Å². The molecule has 0 radical (unpaired) electrons. The molecule has 6 heteroatoms. The van der Waals surface area contributed by atoms with Gasteiger partial charge in [-0.3, -0.25) is 4.55 Å². The van der Waals surface area contributed by atoms with Gasteiger partial charge < -0.3 is 9.29 Å². The molecule has 0 aliphatic rings. The topological polar surface area (TPSA) is 83.8 Å². The second-order valence-electron chi connectivity index (χ2n) is 3.19. The first-order valence-corrected chi connectivity index (χ1v) is 6.33. The Bertz CT molecular complexity index is 281. The second-order valence-corrected chi connectivity index (χ2v) is 4.21. The van der Waals surface area contributed by atoms with Gasteiger partial charge in [0.15, 0.2) is 0 Å². The van der Waals surface area contributed by atoms with Crippen LogP contribution in [0, 0.1) is 0 Å². The minimum atomic E-state index is -4.51. The summed E-state index contributed by atoms with van der Waals surface area (Å²) in [5.41, 5.74) is 0. The van der Waals surface area contributed by atoms with E-state index < -0.39 is 17.0 Å². The Hall–Kier alpha value is -0.590. The molecule has 0 spiro atoms. The Morgan fingerprint density at radius 1 is 1.33 bits per heavy atom. The Morgan fingerprint density at radius 3 is 2.47 bits per heavy atom. The summed E-state index contributed by atoms with van der Waals surface area (Å²) in [5.74, 6) is -0.131. The van der Waals surface area contributed by atoms with E-state index in [9.17, 15) is 8.42 Å². The van der Waals surface area contributed by atoms with Crippen molar-refractivity contribution in [3.63, 3.8) is 0 Å². The van der Waals surface area contributed by atoms with Gasteiger partial charge in [0.1, 0.15) is 12.4 Å². The predicted octanol–water partition coefficient (Wildman–Crippen LogP) is 1.65. The fourth-order valence-electron chi connectivity index (χ4n) is 1.09. The van der Waals surface area contributed by atoms with Gasteiger partial charge in [0, 0.05) is 0 Å². The van der Waals surface area contributed by atoms with Crippen LogP contribution in [0.3, 0.4) is 0 Å². The number of hydrogen-bond donors (Lipinski definition) is 2. The molecule has 0 aromatic carbocycles. The molecule has 0 bridgehead atoms. The van der Waals surface area contributed by atoms with Gasteiger partial charge in [0.05, 0.1) is 0 Å². The largest absolute Gasteiger partial charge is 0.446 e. The minimum Gasteiger partial charge on any atom is -0.388 e. The lowest BCUT2D eigenvalue weighted by Crippen LogP contribution is -2.06. The van der Waals surface area contributed by atoms with Crippen LogP contribution in [0.1, 0.15) is 39.0 Å². The maximum absolute atomic E-state index is 10.3. The third kappa shape index (κ3) is 9.71. The van der Waals surface area contributed by atoms with Crippen molar-refractivity contribution in [3.05, 3.63) is 11.8 Å². The monoisotopic (exact) mass is 238 g/mol. The van der Waals surface area contributed by atoms with E-state index in [2.05, 4.69) is 11.1 Å². The van der Waals surface area contributed by atoms with Crippen molar-refractivity contribution >= 4 is 10.4 Å². The Kier molecular flexibility index (Phi) is 7.37. The van der Waals surface area contributed by atoms with Crippen LogP contribution >= 0.6 is 0 Å². The first-order valence-electron chi connectivity index (χ1n) is 4.96. The molecule has 5 nitrogen and oxygen atoms in total. The van der Waals surface area contributed by atoms with Gasteiger partial charge in [-0.05, 0) is 18.9 Å². The molecular weight excluding hydrogens is 220 g/mol. The van der Waals surface area contributed by atoms with E-state index in [-0.39, 0.29) is 5.76 Å². The lowest BCUT2D eigenvalue weighted by molar-refractivity contribution is 0.245. The van der Waals surface area contributed by atoms with Gasteiger partial charge >= 0.3 is 10.4 Å². The quantitative estimate of drug-likeness (QED) is 0.381. The van der Waals surface area contributed by atoms with Crippen LogP contribution in [0.25, 0.3) is 0 Å². The van der Waals surface area contributed by atoms with Crippen LogP contribution in [-0.4, -0.2) is 24.7 Å². The summed E-state index contributed by atoms with van der Waals surface area (Å²) in [6.45, 7) is 1.56. The summed E-state index contributed by atoms with van der Waals surface area (Å²) in [6.07, 6.45) is 6.32. The maximum Gasteiger partial charge on any atom is 0.446 e. The first-order chi connectivity index (χ1) is 6.99. The van der Waals surface area contributed by atoms with Crippen LogP contribution in [-0.2, 0) is 14.6 Å². The summed E-state index contributed by atoms with van der Waals surface area (Å²) in [6, 6.07) is 0. The number of hydrogen-bond acceptors (Lipinski definition) is 4. The van der Waals surface area contributed by atoms with Gasteiger partial charge in [-0.2, -0.15) is 8.42 Å². The summed E-state index contributed by atoms with van der Waals surface area (Å²) >= 11 is 0. The van der Waals surface area contributed by atoms with E-state index in [4.69, 9.17) is 9.66 Å². The zero-order valence-corrected chi connectivity index (χ0v) is 9.66. The highest BCUT2D eigenvalue weighted by Gasteiger charge is 2.07. The molecule has 0 heterocycles. The highest BCUT2D eigenvalue weighted by molar-refractivity contribution is 7.81. The molecule has 0 saturated heterocycles. The van der Waals surface area contributed by atoms with E-state index in [1.54, 1.807) is 0 Å². The number of aliphatic hydroxyl groups is 1. The van der Waals surface area contributed by atoms with Gasteiger partial charge in [-0.15, -0.1) is 0 Å². The average Bonchev–Trinajstić information content (AvgIpc) is 2.14. The molecule has 0 atom stereocenters. The van der Waals surface area contributed by atoms with Crippen LogP contribution < -0.4 is 0 Å². The molecule has 0 amide bonds. The van der Waals surface area contributed by atoms with E-state index >= 15 is 0 Å². The molecule has 0 saturated carbocycles. The fourth-order valence-corrected chi connectivity index (χ4v) is 1.49. The van der Waals surface area contributed by atoms with Crippen molar-refractivity contribution in [1.82, 2.24) is 0 Å². The highest BCUT2D eigenvalue weighted by Crippen LogP contribution is 2.07. The molecule has 0 aliphatic heterocycles. The SMILES string of the molecule is CCCCCC/C=C(/CO)OS(=O)(=O)O. The normalized spacial score (nSPS) is 12.9. The van der Waals surface area contributed by atoms with Crippen molar-refractivity contribution < 1.29 is 22.3 Å². The molecule has 0 aliphatic carbocycles. The number of allylic oxidation sites excluding steroid dienone is 1. The fraction of sp³-hybridized carbons (Fsp3) is 0.778. The summed E-state index contributed by atoms with van der Waals surface area (Å²) in [4.78, 5) is 0. The van der Waals surface area contributed by atoms with Crippen LogP contribution in [0.4, 0.5) is 0 Å². The number of aliphatic hydroxyl groups excluding tert-OH is 1. The van der Waals surface area contributed by atoms with Crippen molar-refractivity contribution in [1.29, 1.82) is 0 Å². The molecule has 0 unspecified atom stereocenters. The smallest absolute Gasteiger partial charge is 0.388 e. The molecule has 90 valence electrons. The zero-order chi connectivity index (χ0) is 11.7. The lowest BCUT2D eigenvalue weighted by atomic mass is 10.1. The van der Waals surface area contributed by atoms with Crippen molar-refractivity contribution in [2.24, 2.45) is 0 Å². The molecule has 0 rings (SSSR count). The lowest BCUT2D eigenvalue weighted by Gasteiger charge is -2.03. The van der Waals surface area contributed by atoms with Gasteiger partial charge in [-0.25, -0.2) is 0 Å². The second kappa shape index (κ2) is 7.67. The highest BCUT2D eigenvalue weighted by atomic mass is 32.3. The Balaban J connectivity index is 3.90. The van der Waals surface area contributed by atoms with Gasteiger partial charge in [0.25, 0.3) is 0 Å². The van der Waals surface area contributed by atoms with Gasteiger partial charge in [0.2, 0.25) is 0 Å². The molecule has 0 aromatic heterocycles. The minimum absolute atomic E-state index is 0.131. The number of unbranched alkanes of at least 4 members (excludes halogenated alkanes) is 4. The van der Waals surface area contributed by atoms with E-state index in [1.165, 1.54) is 6.08 Å². The van der Waals surface area contributed by atoms with Crippen LogP contribution in [0.15, 0.2) is 11.8 Å².